The number of carbonyl (C=O) groups excluding carboxylic acids is 1. The second-order valence-corrected chi connectivity index (χ2v) is 4.14. The van der Waals surface area contributed by atoms with Crippen molar-refractivity contribution in [1.29, 1.82) is 0 Å². The average molecular weight is 231 g/mol. The molecule has 0 aromatic carbocycles. The Morgan fingerprint density at radius 3 is 2.31 bits per heavy atom. The normalized spacial score (nSPS) is 16.2. The standard InChI is InChI=1S/C11H21NO4/c1-5-8(3)7-10(12(14)15)9(4)11(13)16-6-2/h8-10H,5-7H2,1-4H3. The molecule has 0 saturated carbocycles. The molecule has 94 valence electrons. The smallest absolute Gasteiger partial charge is 0.315 e. The first-order chi connectivity index (χ1) is 7.43. The van der Waals surface area contributed by atoms with Crippen LogP contribution in [0.3, 0.4) is 0 Å². The van der Waals surface area contributed by atoms with Gasteiger partial charge >= 0.3 is 5.97 Å². The van der Waals surface area contributed by atoms with E-state index in [1.807, 2.05) is 13.8 Å². The highest BCUT2D eigenvalue weighted by Crippen LogP contribution is 2.19. The lowest BCUT2D eigenvalue weighted by Gasteiger charge is -2.18. The van der Waals surface area contributed by atoms with Crippen LogP contribution in [0.2, 0.25) is 0 Å². The third-order valence-electron chi connectivity index (χ3n) is 2.85. The van der Waals surface area contributed by atoms with E-state index in [0.29, 0.717) is 6.42 Å². The highest BCUT2D eigenvalue weighted by Gasteiger charge is 2.35. The molecular formula is C11H21NO4. The highest BCUT2D eigenvalue weighted by atomic mass is 16.6. The van der Waals surface area contributed by atoms with Gasteiger partial charge in [-0.25, -0.2) is 0 Å². The van der Waals surface area contributed by atoms with E-state index < -0.39 is 17.9 Å². The van der Waals surface area contributed by atoms with Crippen LogP contribution in [0.15, 0.2) is 0 Å². The van der Waals surface area contributed by atoms with Crippen molar-refractivity contribution in [2.24, 2.45) is 11.8 Å². The predicted molar refractivity (Wildman–Crippen MR) is 60.7 cm³/mol. The minimum absolute atomic E-state index is 0.243. The van der Waals surface area contributed by atoms with Crippen LogP contribution in [-0.2, 0) is 9.53 Å². The molecule has 0 aliphatic carbocycles. The number of hydrogen-bond donors (Lipinski definition) is 0. The van der Waals surface area contributed by atoms with E-state index in [1.165, 1.54) is 0 Å². The fourth-order valence-corrected chi connectivity index (χ4v) is 1.48. The van der Waals surface area contributed by atoms with Gasteiger partial charge < -0.3 is 4.74 Å². The molecule has 0 bridgehead atoms. The van der Waals surface area contributed by atoms with Crippen LogP contribution < -0.4 is 0 Å². The van der Waals surface area contributed by atoms with Gasteiger partial charge in [-0.1, -0.05) is 20.3 Å². The summed E-state index contributed by atoms with van der Waals surface area (Å²) in [6.07, 6.45) is 1.30. The molecule has 0 N–H and O–H groups in total. The van der Waals surface area contributed by atoms with Gasteiger partial charge in [0, 0.05) is 11.3 Å². The molecule has 5 heteroatoms. The first kappa shape index (κ1) is 14.9. The van der Waals surface area contributed by atoms with Gasteiger partial charge in [0.25, 0.3) is 0 Å². The molecule has 0 spiro atoms. The Morgan fingerprint density at radius 1 is 1.38 bits per heavy atom. The van der Waals surface area contributed by atoms with E-state index in [9.17, 15) is 14.9 Å². The summed E-state index contributed by atoms with van der Waals surface area (Å²) in [6.45, 7) is 7.45. The molecule has 0 rings (SSSR count). The molecule has 0 aromatic heterocycles. The predicted octanol–water partition coefficient (Wildman–Crippen LogP) is 2.27. The fourth-order valence-electron chi connectivity index (χ4n) is 1.48. The van der Waals surface area contributed by atoms with Gasteiger partial charge in [-0.05, 0) is 19.8 Å². The second kappa shape index (κ2) is 7.19. The monoisotopic (exact) mass is 231 g/mol. The molecule has 0 radical (unpaired) electrons. The number of ether oxygens (including phenoxy) is 1. The zero-order valence-electron chi connectivity index (χ0n) is 10.4. The lowest BCUT2D eigenvalue weighted by Crippen LogP contribution is -2.35. The lowest BCUT2D eigenvalue weighted by atomic mass is 9.91. The summed E-state index contributed by atoms with van der Waals surface area (Å²) in [5.74, 6) is -0.913. The van der Waals surface area contributed by atoms with Crippen molar-refractivity contribution >= 4 is 5.97 Å². The van der Waals surface area contributed by atoms with E-state index in [1.54, 1.807) is 13.8 Å². The maximum absolute atomic E-state index is 11.4. The minimum atomic E-state index is -0.839. The summed E-state index contributed by atoms with van der Waals surface area (Å²) in [5, 5.41) is 10.9. The van der Waals surface area contributed by atoms with E-state index in [4.69, 9.17) is 4.74 Å². The van der Waals surface area contributed by atoms with Crippen molar-refractivity contribution in [3.63, 3.8) is 0 Å². The van der Waals surface area contributed by atoms with E-state index in [2.05, 4.69) is 0 Å². The summed E-state index contributed by atoms with van der Waals surface area (Å²) in [4.78, 5) is 22.0. The molecule has 0 saturated heterocycles. The second-order valence-electron chi connectivity index (χ2n) is 4.14. The molecule has 0 fully saturated rings. The Labute approximate surface area is 96.3 Å². The van der Waals surface area contributed by atoms with Crippen LogP contribution in [0.25, 0.3) is 0 Å². The highest BCUT2D eigenvalue weighted by molar-refractivity contribution is 5.72. The Bertz CT molecular complexity index is 242. The number of nitrogens with zero attached hydrogens (tertiary/aromatic N) is 1. The molecule has 5 nitrogen and oxygen atoms in total. The number of carbonyl (C=O) groups is 1. The topological polar surface area (TPSA) is 69.4 Å². The van der Waals surface area contributed by atoms with Crippen LogP contribution in [0.5, 0.6) is 0 Å². The Morgan fingerprint density at radius 2 is 1.94 bits per heavy atom. The number of nitro groups is 1. The molecule has 0 aromatic rings. The van der Waals surface area contributed by atoms with Gasteiger partial charge in [-0.3, -0.25) is 14.9 Å². The lowest BCUT2D eigenvalue weighted by molar-refractivity contribution is -0.531. The average Bonchev–Trinajstić information content (AvgIpc) is 2.24. The van der Waals surface area contributed by atoms with Crippen molar-refractivity contribution in [2.45, 2.75) is 46.6 Å². The van der Waals surface area contributed by atoms with E-state index in [0.717, 1.165) is 6.42 Å². The first-order valence-corrected chi connectivity index (χ1v) is 5.74. The third kappa shape index (κ3) is 4.59. The minimum Gasteiger partial charge on any atom is -0.466 e. The van der Waals surface area contributed by atoms with Gasteiger partial charge in [-0.15, -0.1) is 0 Å². The van der Waals surface area contributed by atoms with Crippen molar-refractivity contribution in [1.82, 2.24) is 0 Å². The summed E-state index contributed by atoms with van der Waals surface area (Å²) in [6, 6.07) is -0.839. The van der Waals surface area contributed by atoms with Crippen molar-refractivity contribution < 1.29 is 14.5 Å². The summed E-state index contributed by atoms with van der Waals surface area (Å²) < 4.78 is 4.81. The Kier molecular flexibility index (Phi) is 6.69. The van der Waals surface area contributed by atoms with Crippen molar-refractivity contribution in [3.8, 4) is 0 Å². The zero-order chi connectivity index (χ0) is 12.7. The molecule has 3 atom stereocenters. The van der Waals surface area contributed by atoms with E-state index in [-0.39, 0.29) is 17.4 Å². The van der Waals surface area contributed by atoms with Gasteiger partial charge in [0.1, 0.15) is 5.92 Å². The fraction of sp³-hybridized carbons (Fsp3) is 0.909. The van der Waals surface area contributed by atoms with Gasteiger partial charge in [0.05, 0.1) is 6.61 Å². The summed E-state index contributed by atoms with van der Waals surface area (Å²) in [7, 11) is 0. The molecule has 3 unspecified atom stereocenters. The molecule has 16 heavy (non-hydrogen) atoms. The number of esters is 1. The van der Waals surface area contributed by atoms with Crippen LogP contribution in [0, 0.1) is 22.0 Å². The van der Waals surface area contributed by atoms with Gasteiger partial charge in [-0.2, -0.15) is 0 Å². The largest absolute Gasteiger partial charge is 0.466 e. The zero-order valence-corrected chi connectivity index (χ0v) is 10.4. The number of rotatable bonds is 7. The van der Waals surface area contributed by atoms with E-state index >= 15 is 0 Å². The molecule has 0 heterocycles. The Hall–Kier alpha value is -1.13. The van der Waals surface area contributed by atoms with Crippen LogP contribution in [0.1, 0.15) is 40.5 Å². The quantitative estimate of drug-likeness (QED) is 0.383. The van der Waals surface area contributed by atoms with Crippen LogP contribution in [-0.4, -0.2) is 23.5 Å². The summed E-state index contributed by atoms with van der Waals surface area (Å²) >= 11 is 0. The Balaban J connectivity index is 4.52. The molecule has 0 amide bonds. The van der Waals surface area contributed by atoms with Gasteiger partial charge in [0.15, 0.2) is 0 Å². The maximum atomic E-state index is 11.4. The van der Waals surface area contributed by atoms with Crippen LogP contribution in [0.4, 0.5) is 0 Å². The van der Waals surface area contributed by atoms with Crippen LogP contribution >= 0.6 is 0 Å². The SMILES string of the molecule is CCOC(=O)C(C)C(CC(C)CC)[N+](=O)[O-]. The molecular weight excluding hydrogens is 210 g/mol. The third-order valence-corrected chi connectivity index (χ3v) is 2.85. The molecule has 0 aliphatic heterocycles. The van der Waals surface area contributed by atoms with Crippen molar-refractivity contribution in [2.75, 3.05) is 6.61 Å². The molecule has 0 aliphatic rings. The first-order valence-electron chi connectivity index (χ1n) is 5.74. The van der Waals surface area contributed by atoms with Crippen molar-refractivity contribution in [3.05, 3.63) is 10.1 Å². The summed E-state index contributed by atoms with van der Waals surface area (Å²) in [5.41, 5.74) is 0. The maximum Gasteiger partial charge on any atom is 0.315 e. The van der Waals surface area contributed by atoms with Gasteiger partial charge in [0.2, 0.25) is 6.04 Å². The number of hydrogen-bond acceptors (Lipinski definition) is 4.